The molecule has 0 aromatic heterocycles. The third-order valence-corrected chi connectivity index (χ3v) is 7.29. The van der Waals surface area contributed by atoms with E-state index < -0.39 is 21.1 Å². The Morgan fingerprint density at radius 1 is 0.853 bits per heavy atom. The van der Waals surface area contributed by atoms with E-state index in [1.807, 2.05) is 12.1 Å². The molecule has 34 heavy (non-hydrogen) atoms. The first-order valence-corrected chi connectivity index (χ1v) is 13.6. The molecule has 0 N–H and O–H groups in total. The van der Waals surface area contributed by atoms with E-state index in [9.17, 15) is 24.2 Å². The van der Waals surface area contributed by atoms with Crippen molar-refractivity contribution in [2.24, 2.45) is 0 Å². The summed E-state index contributed by atoms with van der Waals surface area (Å²) in [6, 6.07) is 8.79. The lowest BCUT2D eigenvalue weighted by molar-refractivity contribution is 0.0226. The first-order valence-electron chi connectivity index (χ1n) is 11.6. The van der Waals surface area contributed by atoms with Crippen LogP contribution in [0.2, 0.25) is 0 Å². The molecule has 0 heterocycles. The lowest BCUT2D eigenvalue weighted by Gasteiger charge is -2.40. The quantitative estimate of drug-likeness (QED) is 0.139. The van der Waals surface area contributed by atoms with Gasteiger partial charge in [-0.3, -0.25) is 0 Å². The maximum Gasteiger partial charge on any atom is 0.343 e. The van der Waals surface area contributed by atoms with Crippen molar-refractivity contribution in [1.82, 2.24) is 0 Å². The number of hydrogen-bond donors (Lipinski definition) is 0. The zero-order valence-electron chi connectivity index (χ0n) is 19.2. The largest absolute Gasteiger partial charge is 0.423 e. The predicted octanol–water partition coefficient (Wildman–Crippen LogP) is 9.19. The molecule has 0 saturated heterocycles. The molecule has 1 saturated carbocycles. The minimum absolute atomic E-state index is 0.221. The minimum Gasteiger partial charge on any atom is -0.423 e. The summed E-state index contributed by atoms with van der Waals surface area (Å²) in [7, 11) is -9.76. The SMILES string of the molecule is CCCCCCO[C@H]1CC[C@H](c2ccc(C(=O)Oc3ccc(S(F)(F)(F)(F)F)cc3)cc2)CC1. The molecule has 9 heteroatoms. The van der Waals surface area contributed by atoms with Crippen LogP contribution in [0.4, 0.5) is 19.4 Å². The van der Waals surface area contributed by atoms with E-state index in [1.165, 1.54) is 19.3 Å². The summed E-state index contributed by atoms with van der Waals surface area (Å²) in [4.78, 5) is 10.3. The highest BCUT2D eigenvalue weighted by atomic mass is 32.5. The number of carbonyl (C=O) groups excluding carboxylic acids is 1. The van der Waals surface area contributed by atoms with E-state index in [-0.39, 0.29) is 23.4 Å². The Bertz CT molecular complexity index is 952. The number of esters is 1. The molecule has 3 rings (SSSR count). The van der Waals surface area contributed by atoms with Crippen molar-refractivity contribution in [2.45, 2.75) is 75.2 Å². The van der Waals surface area contributed by atoms with Gasteiger partial charge in [-0.15, -0.1) is 0 Å². The van der Waals surface area contributed by atoms with Crippen LogP contribution in [0.25, 0.3) is 0 Å². The summed E-state index contributed by atoms with van der Waals surface area (Å²) in [5, 5.41) is 0. The molecule has 0 bridgehead atoms. The number of carbonyl (C=O) groups is 1. The standard InChI is InChI=1S/C25H31F5O3S/c1-2-3-4-5-18-32-22-12-10-20(11-13-22)19-6-8-21(9-7-19)25(31)33-23-14-16-24(17-15-23)34(26,27,28,29)30/h6-9,14-17,20,22H,2-5,10-13,18H2,1H3/t20-,22-. The topological polar surface area (TPSA) is 35.5 Å². The molecule has 0 spiro atoms. The van der Waals surface area contributed by atoms with Crippen molar-refractivity contribution in [1.29, 1.82) is 0 Å². The van der Waals surface area contributed by atoms with E-state index in [4.69, 9.17) is 9.47 Å². The summed E-state index contributed by atoms with van der Waals surface area (Å²) in [6.45, 7) is 3.00. The second-order valence-electron chi connectivity index (χ2n) is 8.86. The van der Waals surface area contributed by atoms with Gasteiger partial charge in [0.1, 0.15) is 10.6 Å². The van der Waals surface area contributed by atoms with E-state index in [2.05, 4.69) is 6.92 Å². The lowest BCUT2D eigenvalue weighted by Crippen LogP contribution is -2.21. The van der Waals surface area contributed by atoms with Gasteiger partial charge >= 0.3 is 16.2 Å². The van der Waals surface area contributed by atoms with Crippen molar-refractivity contribution in [3.8, 4) is 5.75 Å². The molecule has 1 aliphatic carbocycles. The minimum atomic E-state index is -9.76. The fourth-order valence-corrected chi connectivity index (χ4v) is 4.81. The highest BCUT2D eigenvalue weighted by Gasteiger charge is 2.65. The second-order valence-corrected chi connectivity index (χ2v) is 11.3. The summed E-state index contributed by atoms with van der Waals surface area (Å²) in [5.41, 5.74) is 1.34. The van der Waals surface area contributed by atoms with Crippen LogP contribution in [-0.2, 0) is 4.74 Å². The average molecular weight is 507 g/mol. The summed E-state index contributed by atoms with van der Waals surface area (Å²) >= 11 is 0. The Labute approximate surface area is 197 Å². The molecule has 3 nitrogen and oxygen atoms in total. The van der Waals surface area contributed by atoms with E-state index in [0.29, 0.717) is 24.2 Å². The predicted molar refractivity (Wildman–Crippen MR) is 124 cm³/mol. The average Bonchev–Trinajstić information content (AvgIpc) is 2.78. The molecule has 0 unspecified atom stereocenters. The van der Waals surface area contributed by atoms with Gasteiger partial charge in [0.2, 0.25) is 0 Å². The van der Waals surface area contributed by atoms with E-state index >= 15 is 0 Å². The third kappa shape index (κ3) is 7.70. The molecule has 0 radical (unpaired) electrons. The molecule has 1 aliphatic rings. The summed E-state index contributed by atoms with van der Waals surface area (Å²) < 4.78 is 75.0. The summed E-state index contributed by atoms with van der Waals surface area (Å²) in [5.74, 6) is -0.635. The van der Waals surface area contributed by atoms with Gasteiger partial charge in [-0.2, -0.15) is 0 Å². The number of halogens is 5. The van der Waals surface area contributed by atoms with Crippen LogP contribution < -0.4 is 4.74 Å². The fourth-order valence-electron chi connectivity index (χ4n) is 4.16. The van der Waals surface area contributed by atoms with Crippen LogP contribution in [0.5, 0.6) is 5.75 Å². The Morgan fingerprint density at radius 3 is 2.03 bits per heavy atom. The van der Waals surface area contributed by atoms with Gasteiger partial charge in [0, 0.05) is 6.61 Å². The van der Waals surface area contributed by atoms with Crippen LogP contribution in [0.15, 0.2) is 53.4 Å². The zero-order chi connectivity index (χ0) is 24.9. The van der Waals surface area contributed by atoms with Crippen LogP contribution in [-0.4, -0.2) is 18.7 Å². The molecule has 0 atom stereocenters. The van der Waals surface area contributed by atoms with Crippen LogP contribution >= 0.6 is 10.2 Å². The van der Waals surface area contributed by atoms with E-state index in [1.54, 1.807) is 12.1 Å². The Kier molecular flexibility index (Phi) is 7.67. The smallest absolute Gasteiger partial charge is 0.343 e. The normalized spacial score (nSPS) is 20.9. The van der Waals surface area contributed by atoms with Gasteiger partial charge in [0.15, 0.2) is 0 Å². The molecule has 190 valence electrons. The van der Waals surface area contributed by atoms with Crippen LogP contribution in [0, 0.1) is 0 Å². The lowest BCUT2D eigenvalue weighted by atomic mass is 9.82. The molecule has 0 amide bonds. The second kappa shape index (κ2) is 9.85. The van der Waals surface area contributed by atoms with Crippen molar-refractivity contribution in [2.75, 3.05) is 6.61 Å². The van der Waals surface area contributed by atoms with Crippen molar-refractivity contribution < 1.29 is 33.7 Å². The number of hydrogen-bond acceptors (Lipinski definition) is 3. The maximum absolute atomic E-state index is 12.8. The monoisotopic (exact) mass is 506 g/mol. The van der Waals surface area contributed by atoms with Crippen molar-refractivity contribution in [3.63, 3.8) is 0 Å². The van der Waals surface area contributed by atoms with Gasteiger partial charge in [-0.1, -0.05) is 57.7 Å². The van der Waals surface area contributed by atoms with Crippen molar-refractivity contribution in [3.05, 3.63) is 59.7 Å². The van der Waals surface area contributed by atoms with Gasteiger partial charge < -0.3 is 9.47 Å². The zero-order valence-corrected chi connectivity index (χ0v) is 20.0. The molecule has 0 aliphatic heterocycles. The highest BCUT2D eigenvalue weighted by Crippen LogP contribution is 3.02. The Morgan fingerprint density at radius 2 is 1.47 bits per heavy atom. The number of unbranched alkanes of at least 4 members (excludes halogenated alkanes) is 3. The molecular formula is C25H31F5O3S. The fraction of sp³-hybridized carbons (Fsp3) is 0.480. The van der Waals surface area contributed by atoms with Gasteiger partial charge in [0.05, 0.1) is 11.7 Å². The molecular weight excluding hydrogens is 475 g/mol. The number of benzene rings is 2. The van der Waals surface area contributed by atoms with Crippen LogP contribution in [0.1, 0.15) is 80.1 Å². The highest BCUT2D eigenvalue weighted by molar-refractivity contribution is 8.45. The van der Waals surface area contributed by atoms with Gasteiger partial charge in [-0.25, -0.2) is 4.79 Å². The van der Waals surface area contributed by atoms with Gasteiger partial charge in [-0.05, 0) is 80.0 Å². The Hall–Kier alpha value is -2.13. The van der Waals surface area contributed by atoms with E-state index in [0.717, 1.165) is 44.3 Å². The number of ether oxygens (including phenoxy) is 2. The van der Waals surface area contributed by atoms with Crippen molar-refractivity contribution >= 4 is 16.2 Å². The third-order valence-electron chi connectivity index (χ3n) is 6.12. The number of rotatable bonds is 10. The Balaban J connectivity index is 1.50. The summed E-state index contributed by atoms with van der Waals surface area (Å²) in [6.07, 6.45) is 9.06. The van der Waals surface area contributed by atoms with Gasteiger partial charge in [0.25, 0.3) is 0 Å². The first-order chi connectivity index (χ1) is 15.9. The molecule has 2 aromatic carbocycles. The molecule has 1 fully saturated rings. The molecule has 2 aromatic rings. The maximum atomic E-state index is 12.8. The first kappa shape index (κ1) is 26.5. The van der Waals surface area contributed by atoms with Crippen LogP contribution in [0.3, 0.4) is 0 Å².